The Morgan fingerprint density at radius 3 is 2.91 bits per heavy atom. The summed E-state index contributed by atoms with van der Waals surface area (Å²) < 4.78 is 0. The van der Waals surface area contributed by atoms with Gasteiger partial charge in [0.05, 0.1) is 4.92 Å². The van der Waals surface area contributed by atoms with Gasteiger partial charge in [0.25, 0.3) is 0 Å². The van der Waals surface area contributed by atoms with Gasteiger partial charge in [0, 0.05) is 12.3 Å². The fraction of sp³-hybridized carbons (Fsp3) is 0.333. The Hall–Kier alpha value is -1.36. The van der Waals surface area contributed by atoms with Crippen LogP contribution in [0.15, 0.2) is 23.9 Å². The molecule has 1 N–H and O–H groups in total. The third-order valence-electron chi connectivity index (χ3n) is 1.35. The van der Waals surface area contributed by atoms with Crippen molar-refractivity contribution in [3.05, 3.63) is 34.0 Å². The van der Waals surface area contributed by atoms with Gasteiger partial charge in [0.2, 0.25) is 0 Å². The number of nitro groups is 1. The first-order chi connectivity index (χ1) is 5.11. The van der Waals surface area contributed by atoms with Crippen molar-refractivity contribution >= 4 is 0 Å². The summed E-state index contributed by atoms with van der Waals surface area (Å²) in [6, 6.07) is 0. The maximum absolute atomic E-state index is 10.2. The molecule has 1 aliphatic rings. The third kappa shape index (κ3) is 1.56. The van der Waals surface area contributed by atoms with Gasteiger partial charge in [0.15, 0.2) is 0 Å². The molecule has 0 saturated heterocycles. The molecule has 0 saturated carbocycles. The predicted molar refractivity (Wildman–Crippen MR) is 37.3 cm³/mol. The van der Waals surface area contributed by atoms with Crippen LogP contribution < -0.4 is 0 Å². The lowest BCUT2D eigenvalue weighted by atomic mass is 10.2. The van der Waals surface area contributed by atoms with Gasteiger partial charge in [0.1, 0.15) is 0 Å². The quantitative estimate of drug-likeness (QED) is 0.449. The summed E-state index contributed by atoms with van der Waals surface area (Å²) in [5.74, 6) is 0. The lowest BCUT2D eigenvalue weighted by molar-refractivity contribution is -0.553. The van der Waals surface area contributed by atoms with Crippen molar-refractivity contribution in [2.45, 2.75) is 13.1 Å². The first-order valence-electron chi connectivity index (χ1n) is 3.08. The number of hydrogen-bond donors (Lipinski definition) is 1. The van der Waals surface area contributed by atoms with Crippen molar-refractivity contribution in [1.29, 1.82) is 0 Å². The molecule has 0 aromatic heterocycles. The van der Waals surface area contributed by atoms with Crippen LogP contribution in [0, 0.1) is 10.1 Å². The molecule has 11 heavy (non-hydrogen) atoms. The molecule has 0 unspecified atom stereocenters. The Balaban J connectivity index is 2.77. The molecule has 0 aliphatic carbocycles. The molecule has 1 atom stereocenters. The topological polar surface area (TPSA) is 66.6 Å². The van der Waals surface area contributed by atoms with Crippen LogP contribution in [-0.2, 0) is 0 Å². The van der Waals surface area contributed by atoms with Crippen molar-refractivity contribution < 1.29 is 10.1 Å². The Bertz CT molecular complexity index is 234. The second-order valence-electron chi connectivity index (χ2n) is 2.31. The zero-order chi connectivity index (χ0) is 8.43. The lowest BCUT2D eigenvalue weighted by Crippen LogP contribution is -2.34. The Labute approximate surface area is 63.3 Å². The standard InChI is InChI=1S/C6H8N2O3/c1-5-2-3-6(8(10)11)7(9)4-5/h2-4,6,9H,1H3/t6-/m1/s1. The van der Waals surface area contributed by atoms with Crippen molar-refractivity contribution in [3.8, 4) is 0 Å². The van der Waals surface area contributed by atoms with Crippen molar-refractivity contribution in [1.82, 2.24) is 5.06 Å². The molecule has 60 valence electrons. The summed E-state index contributed by atoms with van der Waals surface area (Å²) in [5, 5.41) is 19.7. The van der Waals surface area contributed by atoms with Gasteiger partial charge in [-0.2, -0.15) is 5.06 Å². The molecular formula is C6H8N2O3. The van der Waals surface area contributed by atoms with E-state index in [1.165, 1.54) is 12.3 Å². The van der Waals surface area contributed by atoms with Crippen LogP contribution in [-0.4, -0.2) is 21.4 Å². The summed E-state index contributed by atoms with van der Waals surface area (Å²) in [6.07, 6.45) is 3.10. The molecular weight excluding hydrogens is 148 g/mol. The van der Waals surface area contributed by atoms with Gasteiger partial charge in [-0.1, -0.05) is 6.08 Å². The number of hydroxylamine groups is 2. The van der Waals surface area contributed by atoms with Crippen molar-refractivity contribution in [3.63, 3.8) is 0 Å². The number of nitrogens with zero attached hydrogens (tertiary/aromatic N) is 2. The molecule has 0 fully saturated rings. The second kappa shape index (κ2) is 2.71. The van der Waals surface area contributed by atoms with Crippen LogP contribution in [0.5, 0.6) is 0 Å². The SMILES string of the molecule is CC1=CN(O)[C@H]([N+](=O)[O-])C=C1. The number of hydrogen-bond acceptors (Lipinski definition) is 4. The highest BCUT2D eigenvalue weighted by atomic mass is 16.6. The van der Waals surface area contributed by atoms with Crippen LogP contribution in [0.1, 0.15) is 6.92 Å². The van der Waals surface area contributed by atoms with E-state index in [4.69, 9.17) is 5.21 Å². The smallest absolute Gasteiger partial charge is 0.283 e. The zero-order valence-corrected chi connectivity index (χ0v) is 5.97. The number of rotatable bonds is 1. The summed E-state index contributed by atoms with van der Waals surface area (Å²) in [7, 11) is 0. The average Bonchev–Trinajstić information content (AvgIpc) is 1.85. The first-order valence-corrected chi connectivity index (χ1v) is 3.08. The number of allylic oxidation sites excluding steroid dienone is 2. The Kier molecular flexibility index (Phi) is 1.91. The van der Waals surface area contributed by atoms with E-state index in [9.17, 15) is 10.1 Å². The van der Waals surface area contributed by atoms with E-state index in [-0.39, 0.29) is 0 Å². The molecule has 1 aliphatic heterocycles. The summed E-state index contributed by atoms with van der Waals surface area (Å²) in [4.78, 5) is 9.62. The Morgan fingerprint density at radius 1 is 1.82 bits per heavy atom. The molecule has 1 rings (SSSR count). The van der Waals surface area contributed by atoms with Crippen LogP contribution in [0.2, 0.25) is 0 Å². The van der Waals surface area contributed by atoms with Gasteiger partial charge >= 0.3 is 6.17 Å². The molecule has 0 aromatic carbocycles. The lowest BCUT2D eigenvalue weighted by Gasteiger charge is -2.17. The van der Waals surface area contributed by atoms with E-state index < -0.39 is 11.1 Å². The van der Waals surface area contributed by atoms with E-state index in [0.717, 1.165) is 5.57 Å². The summed E-state index contributed by atoms with van der Waals surface area (Å²) in [6.45, 7) is 1.75. The second-order valence-corrected chi connectivity index (χ2v) is 2.31. The average molecular weight is 156 g/mol. The molecule has 1 heterocycles. The molecule has 0 spiro atoms. The molecule has 5 heteroatoms. The zero-order valence-electron chi connectivity index (χ0n) is 5.97. The van der Waals surface area contributed by atoms with Gasteiger partial charge < -0.3 is 0 Å². The molecule has 0 bridgehead atoms. The maximum Gasteiger partial charge on any atom is 0.327 e. The predicted octanol–water partition coefficient (Wildman–Crippen LogP) is 0.754. The largest absolute Gasteiger partial charge is 0.327 e. The van der Waals surface area contributed by atoms with E-state index in [1.54, 1.807) is 13.0 Å². The van der Waals surface area contributed by atoms with Crippen molar-refractivity contribution in [2.75, 3.05) is 0 Å². The minimum absolute atomic E-state index is 0.570. The van der Waals surface area contributed by atoms with Crippen LogP contribution in [0.4, 0.5) is 0 Å². The van der Waals surface area contributed by atoms with Gasteiger partial charge in [-0.3, -0.25) is 15.3 Å². The molecule has 0 amide bonds. The van der Waals surface area contributed by atoms with Crippen molar-refractivity contribution in [2.24, 2.45) is 0 Å². The third-order valence-corrected chi connectivity index (χ3v) is 1.35. The summed E-state index contributed by atoms with van der Waals surface area (Å²) >= 11 is 0. The molecule has 0 aromatic rings. The highest BCUT2D eigenvalue weighted by Gasteiger charge is 2.23. The van der Waals surface area contributed by atoms with E-state index >= 15 is 0 Å². The van der Waals surface area contributed by atoms with Gasteiger partial charge in [-0.15, -0.1) is 0 Å². The van der Waals surface area contributed by atoms with Gasteiger partial charge in [-0.25, -0.2) is 0 Å². The van der Waals surface area contributed by atoms with E-state index in [2.05, 4.69) is 0 Å². The Morgan fingerprint density at radius 2 is 2.45 bits per heavy atom. The monoisotopic (exact) mass is 156 g/mol. The first kappa shape index (κ1) is 7.74. The van der Waals surface area contributed by atoms with E-state index in [0.29, 0.717) is 5.06 Å². The van der Waals surface area contributed by atoms with Crippen LogP contribution in [0.3, 0.4) is 0 Å². The van der Waals surface area contributed by atoms with Crippen LogP contribution in [0.25, 0.3) is 0 Å². The highest BCUT2D eigenvalue weighted by Crippen LogP contribution is 2.10. The minimum Gasteiger partial charge on any atom is -0.283 e. The minimum atomic E-state index is -1.14. The molecule has 5 nitrogen and oxygen atoms in total. The van der Waals surface area contributed by atoms with Crippen LogP contribution >= 0.6 is 0 Å². The van der Waals surface area contributed by atoms with E-state index in [1.807, 2.05) is 0 Å². The fourth-order valence-corrected chi connectivity index (χ4v) is 0.821. The normalized spacial score (nSPS) is 23.3. The highest BCUT2D eigenvalue weighted by molar-refractivity contribution is 5.19. The van der Waals surface area contributed by atoms with Gasteiger partial charge in [-0.05, 0) is 12.5 Å². The fourth-order valence-electron chi connectivity index (χ4n) is 0.821. The maximum atomic E-state index is 10.2. The summed E-state index contributed by atoms with van der Waals surface area (Å²) in [5.41, 5.74) is 0.783. The molecule has 0 radical (unpaired) electrons.